The third-order valence-corrected chi connectivity index (χ3v) is 3.72. The van der Waals surface area contributed by atoms with Crippen molar-refractivity contribution < 1.29 is 13.2 Å². The van der Waals surface area contributed by atoms with Crippen LogP contribution >= 0.6 is 0 Å². The minimum atomic E-state index is -3.63. The summed E-state index contributed by atoms with van der Waals surface area (Å²) in [6, 6.07) is 14.0. The molecule has 0 fully saturated rings. The lowest BCUT2D eigenvalue weighted by atomic mass is 10.1. The van der Waals surface area contributed by atoms with Crippen molar-refractivity contribution in [2.24, 2.45) is 5.14 Å². The van der Waals surface area contributed by atoms with Crippen LogP contribution in [0, 0.1) is 0 Å². The van der Waals surface area contributed by atoms with E-state index in [0.29, 0.717) is 0 Å². The zero-order chi connectivity index (χ0) is 14.6. The van der Waals surface area contributed by atoms with E-state index in [0.717, 1.165) is 16.9 Å². The molecule has 0 amide bonds. The molecule has 20 heavy (non-hydrogen) atoms. The van der Waals surface area contributed by atoms with E-state index in [1.54, 1.807) is 19.2 Å². The molecule has 0 saturated carbocycles. The van der Waals surface area contributed by atoms with E-state index in [1.807, 2.05) is 36.4 Å². The summed E-state index contributed by atoms with van der Waals surface area (Å²) in [4.78, 5) is 0.110. The van der Waals surface area contributed by atoms with Gasteiger partial charge in [0.1, 0.15) is 5.75 Å². The molecule has 0 bridgehead atoms. The van der Waals surface area contributed by atoms with Crippen molar-refractivity contribution in [3.63, 3.8) is 0 Å². The minimum absolute atomic E-state index is 0.110. The lowest BCUT2D eigenvalue weighted by Gasteiger charge is -2.00. The molecule has 4 nitrogen and oxygen atoms in total. The van der Waals surface area contributed by atoms with E-state index in [2.05, 4.69) is 0 Å². The second-order valence-electron chi connectivity index (χ2n) is 4.22. The fraction of sp³-hybridized carbons (Fsp3) is 0.0667. The molecule has 2 rings (SSSR count). The van der Waals surface area contributed by atoms with Gasteiger partial charge in [0.05, 0.1) is 12.0 Å². The highest BCUT2D eigenvalue weighted by Gasteiger charge is 2.05. The largest absolute Gasteiger partial charge is 0.497 e. The molecule has 0 aliphatic heterocycles. The first-order chi connectivity index (χ1) is 9.49. The summed E-state index contributed by atoms with van der Waals surface area (Å²) < 4.78 is 27.3. The number of ether oxygens (including phenoxy) is 1. The highest BCUT2D eigenvalue weighted by Crippen LogP contribution is 2.15. The average Bonchev–Trinajstić information content (AvgIpc) is 2.45. The molecule has 0 aromatic heterocycles. The topological polar surface area (TPSA) is 69.4 Å². The van der Waals surface area contributed by atoms with Gasteiger partial charge in [-0.25, -0.2) is 13.6 Å². The van der Waals surface area contributed by atoms with Gasteiger partial charge >= 0.3 is 0 Å². The highest BCUT2D eigenvalue weighted by molar-refractivity contribution is 7.89. The molecule has 2 aromatic rings. The molecule has 0 spiro atoms. The lowest BCUT2D eigenvalue weighted by molar-refractivity contribution is 0.415. The highest BCUT2D eigenvalue weighted by atomic mass is 32.2. The molecular weight excluding hydrogens is 274 g/mol. The maximum Gasteiger partial charge on any atom is 0.238 e. The van der Waals surface area contributed by atoms with Crippen LogP contribution in [0.5, 0.6) is 5.75 Å². The van der Waals surface area contributed by atoms with E-state index in [4.69, 9.17) is 9.88 Å². The van der Waals surface area contributed by atoms with Crippen molar-refractivity contribution in [1.82, 2.24) is 0 Å². The molecule has 0 radical (unpaired) electrons. The zero-order valence-electron chi connectivity index (χ0n) is 11.0. The second-order valence-corrected chi connectivity index (χ2v) is 5.78. The molecule has 2 N–H and O–H groups in total. The van der Waals surface area contributed by atoms with Gasteiger partial charge < -0.3 is 4.74 Å². The Balaban J connectivity index is 2.14. The van der Waals surface area contributed by atoms with Crippen LogP contribution in [-0.4, -0.2) is 15.5 Å². The Morgan fingerprint density at radius 2 is 1.35 bits per heavy atom. The van der Waals surface area contributed by atoms with Crippen LogP contribution in [0.1, 0.15) is 11.1 Å². The summed E-state index contributed by atoms with van der Waals surface area (Å²) in [5.74, 6) is 0.805. The number of rotatable bonds is 4. The summed E-state index contributed by atoms with van der Waals surface area (Å²) >= 11 is 0. The van der Waals surface area contributed by atoms with Crippen LogP contribution in [0.3, 0.4) is 0 Å². The van der Waals surface area contributed by atoms with Gasteiger partial charge in [0, 0.05) is 0 Å². The van der Waals surface area contributed by atoms with Gasteiger partial charge in [-0.05, 0) is 35.4 Å². The molecule has 0 aliphatic rings. The third-order valence-electron chi connectivity index (χ3n) is 2.79. The second kappa shape index (κ2) is 5.90. The first-order valence-electron chi connectivity index (χ1n) is 5.94. The van der Waals surface area contributed by atoms with Crippen LogP contribution in [0.2, 0.25) is 0 Å². The van der Waals surface area contributed by atoms with Crippen LogP contribution in [0.4, 0.5) is 0 Å². The summed E-state index contributed by atoms with van der Waals surface area (Å²) in [6.07, 6.45) is 3.83. The van der Waals surface area contributed by atoms with Gasteiger partial charge in [0.15, 0.2) is 0 Å². The zero-order valence-corrected chi connectivity index (χ0v) is 11.8. The van der Waals surface area contributed by atoms with Gasteiger partial charge in [-0.2, -0.15) is 0 Å². The molecule has 0 aliphatic carbocycles. The third kappa shape index (κ3) is 3.69. The molecule has 2 aromatic carbocycles. The van der Waals surface area contributed by atoms with Crippen LogP contribution in [0.25, 0.3) is 12.2 Å². The van der Waals surface area contributed by atoms with Crippen molar-refractivity contribution in [3.8, 4) is 5.75 Å². The number of benzene rings is 2. The number of hydrogen-bond acceptors (Lipinski definition) is 3. The Bertz CT molecular complexity index is 702. The van der Waals surface area contributed by atoms with Crippen LogP contribution < -0.4 is 9.88 Å². The molecule has 0 saturated heterocycles. The minimum Gasteiger partial charge on any atom is -0.497 e. The number of hydrogen-bond donors (Lipinski definition) is 1. The molecule has 0 atom stereocenters. The molecular formula is C15H15NO3S. The van der Waals surface area contributed by atoms with Gasteiger partial charge in [0.2, 0.25) is 10.0 Å². The Morgan fingerprint density at radius 3 is 1.75 bits per heavy atom. The average molecular weight is 289 g/mol. The Morgan fingerprint density at radius 1 is 0.900 bits per heavy atom. The fourth-order valence-electron chi connectivity index (χ4n) is 1.68. The van der Waals surface area contributed by atoms with Crippen molar-refractivity contribution >= 4 is 22.2 Å². The van der Waals surface area contributed by atoms with Crippen molar-refractivity contribution in [3.05, 3.63) is 59.7 Å². The summed E-state index contributed by atoms with van der Waals surface area (Å²) in [5, 5.41) is 5.04. The SMILES string of the molecule is COc1ccc(/C=C/c2ccc(S(N)(=O)=O)cc2)cc1. The predicted molar refractivity (Wildman–Crippen MR) is 79.7 cm³/mol. The Hall–Kier alpha value is -2.11. The maximum atomic E-state index is 11.1. The quantitative estimate of drug-likeness (QED) is 0.879. The fourth-order valence-corrected chi connectivity index (χ4v) is 2.19. The predicted octanol–water partition coefficient (Wildman–Crippen LogP) is 2.51. The number of primary sulfonamides is 1. The van der Waals surface area contributed by atoms with E-state index in [-0.39, 0.29) is 4.90 Å². The van der Waals surface area contributed by atoms with E-state index < -0.39 is 10.0 Å². The number of sulfonamides is 1. The monoisotopic (exact) mass is 289 g/mol. The number of nitrogens with two attached hydrogens (primary N) is 1. The first kappa shape index (κ1) is 14.3. The van der Waals surface area contributed by atoms with Crippen molar-refractivity contribution in [2.75, 3.05) is 7.11 Å². The van der Waals surface area contributed by atoms with Gasteiger partial charge in [0.25, 0.3) is 0 Å². The standard InChI is InChI=1S/C15H15NO3S/c1-19-14-8-4-12(5-9-14)2-3-13-6-10-15(11-7-13)20(16,17)18/h2-11H,1H3,(H2,16,17,18)/b3-2+. The van der Waals surface area contributed by atoms with E-state index in [9.17, 15) is 8.42 Å². The molecule has 5 heteroatoms. The Labute approximate surface area is 118 Å². The smallest absolute Gasteiger partial charge is 0.238 e. The normalized spacial score (nSPS) is 11.7. The summed E-state index contributed by atoms with van der Waals surface area (Å²) in [5.41, 5.74) is 1.93. The molecule has 0 unspecified atom stereocenters. The van der Waals surface area contributed by atoms with E-state index >= 15 is 0 Å². The number of methoxy groups -OCH3 is 1. The molecule has 0 heterocycles. The Kier molecular flexibility index (Phi) is 4.22. The van der Waals surface area contributed by atoms with Crippen molar-refractivity contribution in [1.29, 1.82) is 0 Å². The lowest BCUT2D eigenvalue weighted by Crippen LogP contribution is -2.11. The van der Waals surface area contributed by atoms with E-state index in [1.165, 1.54) is 12.1 Å². The van der Waals surface area contributed by atoms with Crippen LogP contribution in [0.15, 0.2) is 53.4 Å². The van der Waals surface area contributed by atoms with Gasteiger partial charge in [-0.1, -0.05) is 36.4 Å². The molecule has 104 valence electrons. The first-order valence-corrected chi connectivity index (χ1v) is 7.49. The van der Waals surface area contributed by atoms with Crippen molar-refractivity contribution in [2.45, 2.75) is 4.90 Å². The maximum absolute atomic E-state index is 11.1. The summed E-state index contributed by atoms with van der Waals surface area (Å²) in [6.45, 7) is 0. The van der Waals surface area contributed by atoms with Crippen LogP contribution in [-0.2, 0) is 10.0 Å². The van der Waals surface area contributed by atoms with Gasteiger partial charge in [-0.15, -0.1) is 0 Å². The summed E-state index contributed by atoms with van der Waals surface area (Å²) in [7, 11) is -2.01. The van der Waals surface area contributed by atoms with Gasteiger partial charge in [-0.3, -0.25) is 0 Å².